The zero-order chi connectivity index (χ0) is 30.7. The SMILES string of the molecule is CCCNC(=O)[C@H](CC)N(Cc1ccccc1)C(=O)CN(c1ccc(Oc2ccccc2)cc1)S(=O)(=O)c1ccccc1. The van der Waals surface area contributed by atoms with E-state index in [0.717, 1.165) is 16.3 Å². The Morgan fingerprint density at radius 3 is 1.91 bits per heavy atom. The number of sulfonamides is 1. The van der Waals surface area contributed by atoms with E-state index >= 15 is 0 Å². The predicted octanol–water partition coefficient (Wildman–Crippen LogP) is 6.01. The monoisotopic (exact) mass is 599 g/mol. The van der Waals surface area contributed by atoms with Crippen molar-refractivity contribution in [3.05, 3.63) is 121 Å². The summed E-state index contributed by atoms with van der Waals surface area (Å²) in [5.41, 5.74) is 1.12. The lowest BCUT2D eigenvalue weighted by molar-refractivity contribution is -0.140. The average molecular weight is 600 g/mol. The van der Waals surface area contributed by atoms with Crippen LogP contribution < -0.4 is 14.4 Å². The molecule has 0 bridgehead atoms. The van der Waals surface area contributed by atoms with E-state index in [1.807, 2.05) is 74.5 Å². The molecule has 4 aromatic carbocycles. The standard InChI is InChI=1S/C34H37N3O5S/c1-3-24-35-34(39)32(4-2)36(25-27-14-8-5-9-15-27)33(38)26-37(43(40,41)31-18-12-7-13-19-31)28-20-22-30(23-21-28)42-29-16-10-6-11-17-29/h5-23,32H,3-4,24-26H2,1-2H3,(H,35,39)/t32-/m0/s1. The van der Waals surface area contributed by atoms with Crippen molar-refractivity contribution in [3.63, 3.8) is 0 Å². The number of hydrogen-bond donors (Lipinski definition) is 1. The molecule has 1 atom stereocenters. The van der Waals surface area contributed by atoms with E-state index < -0.39 is 28.5 Å². The number of carbonyl (C=O) groups excluding carboxylic acids is 2. The van der Waals surface area contributed by atoms with Crippen LogP contribution in [0.25, 0.3) is 0 Å². The molecular formula is C34H37N3O5S. The van der Waals surface area contributed by atoms with E-state index in [2.05, 4.69) is 5.32 Å². The van der Waals surface area contributed by atoms with Crippen molar-refractivity contribution < 1.29 is 22.7 Å². The third-order valence-electron chi connectivity index (χ3n) is 6.84. The van der Waals surface area contributed by atoms with Gasteiger partial charge in [0, 0.05) is 13.1 Å². The van der Waals surface area contributed by atoms with Gasteiger partial charge >= 0.3 is 0 Å². The second kappa shape index (κ2) is 15.0. The van der Waals surface area contributed by atoms with Crippen LogP contribution >= 0.6 is 0 Å². The summed E-state index contributed by atoms with van der Waals surface area (Å²) in [7, 11) is -4.15. The fourth-order valence-corrected chi connectivity index (χ4v) is 6.05. The van der Waals surface area contributed by atoms with Crippen molar-refractivity contribution in [1.29, 1.82) is 0 Å². The highest BCUT2D eigenvalue weighted by atomic mass is 32.2. The minimum atomic E-state index is -4.15. The largest absolute Gasteiger partial charge is 0.457 e. The summed E-state index contributed by atoms with van der Waals surface area (Å²) in [5.74, 6) is 0.394. The summed E-state index contributed by atoms with van der Waals surface area (Å²) < 4.78 is 34.9. The van der Waals surface area contributed by atoms with E-state index in [1.165, 1.54) is 17.0 Å². The first-order valence-corrected chi connectivity index (χ1v) is 15.8. The normalized spacial score (nSPS) is 11.8. The lowest BCUT2D eigenvalue weighted by atomic mass is 10.1. The van der Waals surface area contributed by atoms with E-state index in [1.54, 1.807) is 42.5 Å². The molecule has 0 spiro atoms. The van der Waals surface area contributed by atoms with Gasteiger partial charge in [-0.3, -0.25) is 13.9 Å². The van der Waals surface area contributed by atoms with Gasteiger partial charge in [0.1, 0.15) is 24.1 Å². The highest BCUT2D eigenvalue weighted by Gasteiger charge is 2.33. The second-order valence-electron chi connectivity index (χ2n) is 9.96. The van der Waals surface area contributed by atoms with Crippen LogP contribution in [0.5, 0.6) is 11.5 Å². The van der Waals surface area contributed by atoms with Crippen LogP contribution in [-0.2, 0) is 26.2 Å². The van der Waals surface area contributed by atoms with Crippen molar-refractivity contribution in [2.24, 2.45) is 0 Å². The van der Waals surface area contributed by atoms with Gasteiger partial charge in [-0.05, 0) is 66.9 Å². The fraction of sp³-hybridized carbons (Fsp3) is 0.235. The zero-order valence-corrected chi connectivity index (χ0v) is 25.2. The van der Waals surface area contributed by atoms with Crippen LogP contribution in [0.15, 0.2) is 120 Å². The molecule has 4 rings (SSSR count). The van der Waals surface area contributed by atoms with Gasteiger partial charge < -0.3 is 15.0 Å². The summed E-state index contributed by atoms with van der Waals surface area (Å²) in [6, 6.07) is 32.4. The Hall–Kier alpha value is -4.63. The Morgan fingerprint density at radius 2 is 1.33 bits per heavy atom. The number of ether oxygens (including phenoxy) is 1. The second-order valence-corrected chi connectivity index (χ2v) is 11.8. The number of benzene rings is 4. The molecule has 0 saturated heterocycles. The molecule has 1 N–H and O–H groups in total. The number of nitrogens with one attached hydrogen (secondary N) is 1. The Bertz CT molecular complexity index is 1570. The zero-order valence-electron chi connectivity index (χ0n) is 24.4. The van der Waals surface area contributed by atoms with Gasteiger partial charge in [0.05, 0.1) is 10.6 Å². The van der Waals surface area contributed by atoms with Crippen LogP contribution in [0.3, 0.4) is 0 Å². The maximum Gasteiger partial charge on any atom is 0.264 e. The summed E-state index contributed by atoms with van der Waals surface area (Å²) in [5, 5.41) is 2.89. The summed E-state index contributed by atoms with van der Waals surface area (Å²) in [6.45, 7) is 3.93. The van der Waals surface area contributed by atoms with Crippen LogP contribution in [0.2, 0.25) is 0 Å². The van der Waals surface area contributed by atoms with Gasteiger partial charge in [-0.25, -0.2) is 8.42 Å². The van der Waals surface area contributed by atoms with Gasteiger partial charge in [0.15, 0.2) is 0 Å². The van der Waals surface area contributed by atoms with Gasteiger partial charge in [0.25, 0.3) is 10.0 Å². The molecule has 224 valence electrons. The van der Waals surface area contributed by atoms with Gasteiger partial charge in [-0.1, -0.05) is 80.6 Å². The molecule has 0 aliphatic heterocycles. The first-order valence-electron chi connectivity index (χ1n) is 14.3. The molecule has 4 aromatic rings. The lowest BCUT2D eigenvalue weighted by Crippen LogP contribution is -2.52. The van der Waals surface area contributed by atoms with Crippen LogP contribution in [-0.4, -0.2) is 44.3 Å². The molecule has 0 saturated carbocycles. The molecule has 0 radical (unpaired) electrons. The van der Waals surface area contributed by atoms with E-state index in [0.29, 0.717) is 30.2 Å². The maximum absolute atomic E-state index is 14.1. The average Bonchev–Trinajstić information content (AvgIpc) is 3.04. The van der Waals surface area contributed by atoms with Crippen molar-refractivity contribution in [3.8, 4) is 11.5 Å². The number of carbonyl (C=O) groups is 2. The van der Waals surface area contributed by atoms with Crippen LogP contribution in [0.4, 0.5) is 5.69 Å². The number of nitrogens with zero attached hydrogens (tertiary/aromatic N) is 2. The summed E-state index contributed by atoms with van der Waals surface area (Å²) in [6.07, 6.45) is 1.12. The maximum atomic E-state index is 14.1. The van der Waals surface area contributed by atoms with Gasteiger partial charge in [0.2, 0.25) is 11.8 Å². The topological polar surface area (TPSA) is 96.0 Å². The van der Waals surface area contributed by atoms with Crippen LogP contribution in [0.1, 0.15) is 32.3 Å². The Morgan fingerprint density at radius 1 is 0.767 bits per heavy atom. The molecule has 8 nitrogen and oxygen atoms in total. The predicted molar refractivity (Wildman–Crippen MR) is 168 cm³/mol. The number of anilines is 1. The summed E-state index contributed by atoms with van der Waals surface area (Å²) >= 11 is 0. The minimum absolute atomic E-state index is 0.0507. The first kappa shape index (κ1) is 31.3. The van der Waals surface area contributed by atoms with Crippen molar-refractivity contribution in [2.45, 2.75) is 44.2 Å². The van der Waals surface area contributed by atoms with E-state index in [-0.39, 0.29) is 17.3 Å². The van der Waals surface area contributed by atoms with E-state index in [9.17, 15) is 18.0 Å². The van der Waals surface area contributed by atoms with E-state index in [4.69, 9.17) is 4.74 Å². The summed E-state index contributed by atoms with van der Waals surface area (Å²) in [4.78, 5) is 28.8. The molecule has 0 fully saturated rings. The third-order valence-corrected chi connectivity index (χ3v) is 8.63. The molecule has 9 heteroatoms. The number of rotatable bonds is 14. The van der Waals surface area contributed by atoms with Crippen molar-refractivity contribution in [1.82, 2.24) is 10.2 Å². The molecular weight excluding hydrogens is 562 g/mol. The third kappa shape index (κ3) is 8.23. The highest BCUT2D eigenvalue weighted by Crippen LogP contribution is 2.28. The smallest absolute Gasteiger partial charge is 0.264 e. The fourth-order valence-electron chi connectivity index (χ4n) is 4.62. The molecule has 0 aromatic heterocycles. The molecule has 43 heavy (non-hydrogen) atoms. The van der Waals surface area contributed by atoms with Crippen molar-refractivity contribution in [2.75, 3.05) is 17.4 Å². The Kier molecular flexibility index (Phi) is 10.9. The molecule has 0 aliphatic carbocycles. The first-order chi connectivity index (χ1) is 20.8. The number of para-hydroxylation sites is 1. The molecule has 0 heterocycles. The molecule has 0 unspecified atom stereocenters. The number of amides is 2. The Balaban J connectivity index is 1.69. The van der Waals surface area contributed by atoms with Gasteiger partial charge in [-0.15, -0.1) is 0 Å². The lowest BCUT2D eigenvalue weighted by Gasteiger charge is -2.33. The highest BCUT2D eigenvalue weighted by molar-refractivity contribution is 7.92. The van der Waals surface area contributed by atoms with Crippen LogP contribution in [0, 0.1) is 0 Å². The molecule has 0 aliphatic rings. The Labute approximate surface area is 254 Å². The molecule has 2 amide bonds. The quantitative estimate of drug-likeness (QED) is 0.192. The van der Waals surface area contributed by atoms with Gasteiger partial charge in [-0.2, -0.15) is 0 Å². The number of hydrogen-bond acceptors (Lipinski definition) is 5. The van der Waals surface area contributed by atoms with Crippen molar-refractivity contribution >= 4 is 27.5 Å². The minimum Gasteiger partial charge on any atom is -0.457 e.